The summed E-state index contributed by atoms with van der Waals surface area (Å²) in [7, 11) is 0. The number of hydrogen-bond donors (Lipinski definition) is 8. The summed E-state index contributed by atoms with van der Waals surface area (Å²) in [4.78, 5) is 13.0. The number of aliphatic hydroxyl groups excluding tert-OH is 7. The molecule has 11 nitrogen and oxygen atoms in total. The van der Waals surface area contributed by atoms with Gasteiger partial charge in [-0.2, -0.15) is 0 Å². The third kappa shape index (κ3) is 28.2. The van der Waals surface area contributed by atoms with Crippen LogP contribution in [0.25, 0.3) is 0 Å². The monoisotopic (exact) mass is 844 g/mol. The molecule has 350 valence electrons. The lowest BCUT2D eigenvalue weighted by molar-refractivity contribution is -0.303. The van der Waals surface area contributed by atoms with Gasteiger partial charge >= 0.3 is 0 Å². The minimum atomic E-state index is -1.66. The van der Waals surface area contributed by atoms with Crippen LogP contribution >= 0.6 is 0 Å². The second-order valence-corrected chi connectivity index (χ2v) is 17.5. The second-order valence-electron chi connectivity index (χ2n) is 17.5. The van der Waals surface area contributed by atoms with E-state index in [0.717, 1.165) is 38.5 Å². The lowest BCUT2D eigenvalue weighted by atomic mass is 9.98. The van der Waals surface area contributed by atoms with Crippen molar-refractivity contribution in [1.29, 1.82) is 0 Å². The maximum Gasteiger partial charge on any atom is 0.249 e. The van der Waals surface area contributed by atoms with Gasteiger partial charge in [-0.3, -0.25) is 4.79 Å². The first-order valence-electron chi connectivity index (χ1n) is 24.6. The summed E-state index contributed by atoms with van der Waals surface area (Å²) in [5.74, 6) is -0.707. The molecular formula is C48H93NO10. The predicted octanol–water partition coefficient (Wildman–Crippen LogP) is 8.45. The van der Waals surface area contributed by atoms with Crippen molar-refractivity contribution in [3.63, 3.8) is 0 Å². The fourth-order valence-corrected chi connectivity index (χ4v) is 7.97. The van der Waals surface area contributed by atoms with E-state index in [2.05, 4.69) is 31.3 Å². The third-order valence-corrected chi connectivity index (χ3v) is 12.1. The molecule has 1 heterocycles. The molecule has 1 rings (SSSR count). The second kappa shape index (κ2) is 38.5. The molecule has 0 aromatic rings. The van der Waals surface area contributed by atoms with Gasteiger partial charge in [0.1, 0.15) is 36.6 Å². The molecule has 9 unspecified atom stereocenters. The maximum atomic E-state index is 13.0. The summed E-state index contributed by atoms with van der Waals surface area (Å²) in [5.41, 5.74) is 0. The molecular weight excluding hydrogens is 751 g/mol. The first kappa shape index (κ1) is 55.9. The van der Waals surface area contributed by atoms with E-state index >= 15 is 0 Å². The molecule has 1 amide bonds. The fourth-order valence-electron chi connectivity index (χ4n) is 7.97. The SMILES string of the molecule is CCCCCCCCCCCCCCCCCCC/C=C/CCCC(O)C(O)C(COC1OC(CO)C(O)C(O)C1O)NC(=O)C(O)CCCCCCCCCCCC. The van der Waals surface area contributed by atoms with E-state index in [1.165, 1.54) is 141 Å². The highest BCUT2D eigenvalue weighted by Gasteiger charge is 2.44. The van der Waals surface area contributed by atoms with Crippen LogP contribution in [0, 0.1) is 0 Å². The number of carbonyl (C=O) groups is 1. The zero-order chi connectivity index (χ0) is 43.4. The van der Waals surface area contributed by atoms with E-state index in [-0.39, 0.29) is 12.8 Å². The van der Waals surface area contributed by atoms with Crippen LogP contribution < -0.4 is 5.32 Å². The van der Waals surface area contributed by atoms with Gasteiger partial charge < -0.3 is 50.5 Å². The van der Waals surface area contributed by atoms with E-state index in [1.54, 1.807) is 0 Å². The number of amides is 1. The van der Waals surface area contributed by atoms with Crippen LogP contribution in [0.1, 0.15) is 219 Å². The summed E-state index contributed by atoms with van der Waals surface area (Å²) < 4.78 is 11.1. The van der Waals surface area contributed by atoms with Crippen molar-refractivity contribution < 1.29 is 50.0 Å². The van der Waals surface area contributed by atoms with E-state index in [0.29, 0.717) is 12.8 Å². The fraction of sp³-hybridized carbons (Fsp3) is 0.938. The Bertz CT molecular complexity index is 970. The Balaban J connectivity index is 2.38. The van der Waals surface area contributed by atoms with Gasteiger partial charge in [0, 0.05) is 0 Å². The van der Waals surface area contributed by atoms with Crippen LogP contribution in [-0.4, -0.2) is 110 Å². The molecule has 1 aliphatic heterocycles. The molecule has 1 fully saturated rings. The van der Waals surface area contributed by atoms with E-state index in [9.17, 15) is 40.5 Å². The largest absolute Gasteiger partial charge is 0.394 e. The average molecular weight is 844 g/mol. The van der Waals surface area contributed by atoms with Crippen molar-refractivity contribution in [3.8, 4) is 0 Å². The quantitative estimate of drug-likeness (QED) is 0.0219. The Morgan fingerprint density at radius 2 is 1.00 bits per heavy atom. The Hall–Kier alpha value is -1.15. The molecule has 0 saturated carbocycles. The van der Waals surface area contributed by atoms with Crippen molar-refractivity contribution in [1.82, 2.24) is 5.32 Å². The van der Waals surface area contributed by atoms with Crippen molar-refractivity contribution in [2.45, 2.75) is 274 Å². The van der Waals surface area contributed by atoms with Gasteiger partial charge in [-0.25, -0.2) is 0 Å². The normalized spacial score (nSPS) is 21.8. The van der Waals surface area contributed by atoms with Gasteiger partial charge in [0.15, 0.2) is 6.29 Å². The van der Waals surface area contributed by atoms with E-state index < -0.39 is 74.2 Å². The highest BCUT2D eigenvalue weighted by atomic mass is 16.7. The minimum Gasteiger partial charge on any atom is -0.394 e. The molecule has 9 atom stereocenters. The number of carbonyl (C=O) groups excluding carboxylic acids is 1. The predicted molar refractivity (Wildman–Crippen MR) is 238 cm³/mol. The highest BCUT2D eigenvalue weighted by Crippen LogP contribution is 2.23. The summed E-state index contributed by atoms with van der Waals surface area (Å²) in [5, 5.41) is 75.6. The maximum absolute atomic E-state index is 13.0. The van der Waals surface area contributed by atoms with Crippen LogP contribution in [0.5, 0.6) is 0 Å². The van der Waals surface area contributed by atoms with Crippen molar-refractivity contribution in [3.05, 3.63) is 12.2 Å². The van der Waals surface area contributed by atoms with Gasteiger partial charge in [-0.05, 0) is 38.5 Å². The minimum absolute atomic E-state index is 0.257. The number of ether oxygens (including phenoxy) is 2. The van der Waals surface area contributed by atoms with Gasteiger partial charge in [0.05, 0.1) is 25.4 Å². The first-order chi connectivity index (χ1) is 28.7. The molecule has 0 aromatic heterocycles. The van der Waals surface area contributed by atoms with Crippen LogP contribution in [0.4, 0.5) is 0 Å². The van der Waals surface area contributed by atoms with Crippen molar-refractivity contribution in [2.24, 2.45) is 0 Å². The summed E-state index contributed by atoms with van der Waals surface area (Å²) in [6, 6.07) is -1.18. The molecule has 1 saturated heterocycles. The molecule has 0 aliphatic carbocycles. The van der Waals surface area contributed by atoms with Crippen LogP contribution in [-0.2, 0) is 14.3 Å². The van der Waals surface area contributed by atoms with E-state index in [1.807, 2.05) is 0 Å². The molecule has 11 heteroatoms. The Morgan fingerprint density at radius 1 is 0.576 bits per heavy atom. The third-order valence-electron chi connectivity index (χ3n) is 12.1. The van der Waals surface area contributed by atoms with Crippen molar-refractivity contribution in [2.75, 3.05) is 13.2 Å². The Morgan fingerprint density at radius 3 is 1.46 bits per heavy atom. The molecule has 0 spiro atoms. The number of unbranched alkanes of at least 4 members (excludes halogenated alkanes) is 27. The lowest BCUT2D eigenvalue weighted by Gasteiger charge is -2.40. The van der Waals surface area contributed by atoms with E-state index in [4.69, 9.17) is 9.47 Å². The smallest absolute Gasteiger partial charge is 0.249 e. The summed E-state index contributed by atoms with van der Waals surface area (Å²) >= 11 is 0. The zero-order valence-electron chi connectivity index (χ0n) is 37.7. The molecule has 1 aliphatic rings. The molecule has 0 bridgehead atoms. The number of rotatable bonds is 41. The number of allylic oxidation sites excluding steroid dienone is 2. The molecule has 8 N–H and O–H groups in total. The number of aliphatic hydroxyl groups is 7. The Labute approximate surface area is 360 Å². The summed E-state index contributed by atoms with van der Waals surface area (Å²) in [6.07, 6.45) is 29.9. The molecule has 0 aromatic carbocycles. The zero-order valence-corrected chi connectivity index (χ0v) is 37.7. The standard InChI is InChI=1S/C48H93NO10/c1-3-5-7-9-11-13-15-16-17-18-19-20-21-22-23-24-25-26-28-29-31-33-35-40(51)43(53)39(38-58-48-46(56)45(55)44(54)42(37-50)59-48)49-47(57)41(52)36-34-32-30-27-14-12-10-8-6-4-2/h28-29,39-46,48,50-56H,3-27,30-38H2,1-2H3,(H,49,57)/b29-28+. The van der Waals surface area contributed by atoms with Gasteiger partial charge in [0.25, 0.3) is 0 Å². The Kier molecular flexibility index (Phi) is 36.5. The van der Waals surface area contributed by atoms with Gasteiger partial charge in [0.2, 0.25) is 5.91 Å². The van der Waals surface area contributed by atoms with Crippen LogP contribution in [0.2, 0.25) is 0 Å². The molecule has 0 radical (unpaired) electrons. The van der Waals surface area contributed by atoms with Crippen molar-refractivity contribution >= 4 is 5.91 Å². The first-order valence-corrected chi connectivity index (χ1v) is 24.6. The lowest BCUT2D eigenvalue weighted by Crippen LogP contribution is -2.60. The molecule has 59 heavy (non-hydrogen) atoms. The topological polar surface area (TPSA) is 189 Å². The average Bonchev–Trinajstić information content (AvgIpc) is 3.23. The summed E-state index contributed by atoms with van der Waals surface area (Å²) in [6.45, 7) is 3.42. The van der Waals surface area contributed by atoms with Gasteiger partial charge in [-0.15, -0.1) is 0 Å². The number of hydrogen-bond acceptors (Lipinski definition) is 10. The van der Waals surface area contributed by atoms with Gasteiger partial charge in [-0.1, -0.05) is 193 Å². The highest BCUT2D eigenvalue weighted by molar-refractivity contribution is 5.80. The van der Waals surface area contributed by atoms with Crippen LogP contribution in [0.3, 0.4) is 0 Å². The number of nitrogens with one attached hydrogen (secondary N) is 1. The van der Waals surface area contributed by atoms with Crippen LogP contribution in [0.15, 0.2) is 12.2 Å².